The van der Waals surface area contributed by atoms with Crippen LogP contribution in [0, 0.1) is 0 Å². The second-order valence-electron chi connectivity index (χ2n) is 5.21. The average molecular weight is 385 g/mol. The molecule has 0 bridgehead atoms. The van der Waals surface area contributed by atoms with Crippen LogP contribution in [0.5, 0.6) is 0 Å². The molecule has 1 aliphatic carbocycles. The van der Waals surface area contributed by atoms with Crippen LogP contribution < -0.4 is 5.73 Å². The van der Waals surface area contributed by atoms with Crippen LogP contribution in [0.3, 0.4) is 0 Å². The van der Waals surface area contributed by atoms with Gasteiger partial charge in [0.25, 0.3) is 0 Å². The molecule has 0 aromatic carbocycles. The third-order valence-corrected chi connectivity index (χ3v) is 5.63. The Bertz CT molecular complexity index is 323. The summed E-state index contributed by atoms with van der Waals surface area (Å²) in [7, 11) is -0.771. The Morgan fingerprint density at radius 2 is 1.83 bits per heavy atom. The molecule has 0 radical (unpaired) electrons. The molecule has 1 heterocycles. The topological polar surface area (TPSA) is 58.7 Å². The zero-order valence-electron chi connectivity index (χ0n) is 11.1. The van der Waals surface area contributed by atoms with E-state index >= 15 is 0 Å². The second kappa shape index (κ2) is 7.07. The highest BCUT2D eigenvalue weighted by Gasteiger charge is 2.46. The molecule has 18 heavy (non-hydrogen) atoms. The first-order valence-corrected chi connectivity index (χ1v) is 8.08. The van der Waals surface area contributed by atoms with E-state index in [1.807, 2.05) is 0 Å². The molecular formula is C12H24IN3OS. The normalized spacial score (nSPS) is 24.9. The van der Waals surface area contributed by atoms with E-state index in [9.17, 15) is 4.21 Å². The number of hydrogen-bond acceptors (Lipinski definition) is 2. The van der Waals surface area contributed by atoms with Crippen LogP contribution in [0.4, 0.5) is 0 Å². The summed E-state index contributed by atoms with van der Waals surface area (Å²) < 4.78 is 11.5. The van der Waals surface area contributed by atoms with E-state index in [2.05, 4.69) is 9.89 Å². The van der Waals surface area contributed by atoms with E-state index in [0.717, 1.165) is 25.9 Å². The van der Waals surface area contributed by atoms with Gasteiger partial charge in [0.1, 0.15) is 0 Å². The Hall–Kier alpha value is 0.150. The van der Waals surface area contributed by atoms with E-state index in [-0.39, 0.29) is 28.7 Å². The van der Waals surface area contributed by atoms with Gasteiger partial charge in [0, 0.05) is 30.1 Å². The average Bonchev–Trinajstić information content (AvgIpc) is 3.11. The number of guanidine groups is 1. The van der Waals surface area contributed by atoms with Gasteiger partial charge in [-0.2, -0.15) is 0 Å². The molecular weight excluding hydrogens is 361 g/mol. The SMILES string of the molecule is CS(=O)C1(CN=C(N)N2CCCCCC2)CC1.I. The van der Waals surface area contributed by atoms with Gasteiger partial charge in [-0.05, 0) is 25.7 Å². The first kappa shape index (κ1) is 16.2. The summed E-state index contributed by atoms with van der Waals surface area (Å²) in [5, 5.41) is 0. The van der Waals surface area contributed by atoms with Gasteiger partial charge in [0.15, 0.2) is 5.96 Å². The lowest BCUT2D eigenvalue weighted by atomic mass is 10.2. The lowest BCUT2D eigenvalue weighted by Crippen LogP contribution is -2.39. The number of nitrogens with two attached hydrogens (primary N) is 1. The van der Waals surface area contributed by atoms with Gasteiger partial charge in [-0.25, -0.2) is 0 Å². The molecule has 1 unspecified atom stereocenters. The Morgan fingerprint density at radius 3 is 2.28 bits per heavy atom. The van der Waals surface area contributed by atoms with Crippen molar-refractivity contribution in [2.45, 2.75) is 43.3 Å². The van der Waals surface area contributed by atoms with Gasteiger partial charge >= 0.3 is 0 Å². The monoisotopic (exact) mass is 385 g/mol. The number of aliphatic imine (C=N–C) groups is 1. The molecule has 1 atom stereocenters. The van der Waals surface area contributed by atoms with Gasteiger partial charge in [-0.3, -0.25) is 9.20 Å². The molecule has 2 N–H and O–H groups in total. The van der Waals surface area contributed by atoms with E-state index in [1.165, 1.54) is 25.7 Å². The number of likely N-dealkylation sites (tertiary alicyclic amines) is 1. The van der Waals surface area contributed by atoms with Crippen molar-refractivity contribution in [3.05, 3.63) is 0 Å². The Kier molecular flexibility index (Phi) is 6.37. The number of halogens is 1. The Balaban J connectivity index is 0.00000162. The van der Waals surface area contributed by atoms with Crippen LogP contribution in [-0.4, -0.2) is 45.7 Å². The second-order valence-corrected chi connectivity index (χ2v) is 6.99. The number of nitrogens with zero attached hydrogens (tertiary/aromatic N) is 2. The minimum atomic E-state index is -0.771. The quantitative estimate of drug-likeness (QED) is 0.457. The third-order valence-electron chi connectivity index (χ3n) is 3.88. The van der Waals surface area contributed by atoms with Crippen molar-refractivity contribution in [2.75, 3.05) is 25.9 Å². The molecule has 4 nitrogen and oxygen atoms in total. The maximum atomic E-state index is 11.6. The van der Waals surface area contributed by atoms with Gasteiger partial charge in [0.2, 0.25) is 0 Å². The summed E-state index contributed by atoms with van der Waals surface area (Å²) >= 11 is 0. The van der Waals surface area contributed by atoms with Gasteiger partial charge < -0.3 is 10.6 Å². The third kappa shape index (κ3) is 4.08. The largest absolute Gasteiger partial charge is 0.370 e. The number of rotatable bonds is 3. The van der Waals surface area contributed by atoms with Crippen molar-refractivity contribution in [3.63, 3.8) is 0 Å². The summed E-state index contributed by atoms with van der Waals surface area (Å²) in [5.41, 5.74) is 6.03. The van der Waals surface area contributed by atoms with E-state index in [4.69, 9.17) is 5.73 Å². The zero-order valence-corrected chi connectivity index (χ0v) is 14.2. The fourth-order valence-electron chi connectivity index (χ4n) is 2.30. The fourth-order valence-corrected chi connectivity index (χ4v) is 3.22. The van der Waals surface area contributed by atoms with E-state index in [0.29, 0.717) is 12.5 Å². The molecule has 2 aliphatic rings. The van der Waals surface area contributed by atoms with Crippen molar-refractivity contribution in [2.24, 2.45) is 10.7 Å². The summed E-state index contributed by atoms with van der Waals surface area (Å²) in [4.78, 5) is 6.65. The van der Waals surface area contributed by atoms with E-state index in [1.54, 1.807) is 6.26 Å². The standard InChI is InChI=1S/C12H23N3OS.HI/c1-17(16)12(6-7-12)10-14-11(13)15-8-4-2-3-5-9-15;/h2-10H2,1H3,(H2,13,14);1H. The van der Waals surface area contributed by atoms with Gasteiger partial charge in [-0.15, -0.1) is 24.0 Å². The predicted molar refractivity (Wildman–Crippen MR) is 88.0 cm³/mol. The maximum Gasteiger partial charge on any atom is 0.191 e. The Morgan fingerprint density at radius 1 is 1.28 bits per heavy atom. The van der Waals surface area contributed by atoms with Crippen molar-refractivity contribution >= 4 is 40.7 Å². The van der Waals surface area contributed by atoms with Crippen molar-refractivity contribution < 1.29 is 4.21 Å². The highest BCUT2D eigenvalue weighted by atomic mass is 127. The molecule has 1 saturated carbocycles. The molecule has 2 fully saturated rings. The van der Waals surface area contributed by atoms with Crippen LogP contribution in [0.1, 0.15) is 38.5 Å². The lowest BCUT2D eigenvalue weighted by molar-refractivity contribution is 0.428. The zero-order chi connectivity index (χ0) is 12.3. The lowest BCUT2D eigenvalue weighted by Gasteiger charge is -2.21. The van der Waals surface area contributed by atoms with Gasteiger partial charge in [0.05, 0.1) is 11.3 Å². The first-order valence-electron chi connectivity index (χ1n) is 6.52. The molecule has 0 spiro atoms. The predicted octanol–water partition coefficient (Wildman–Crippen LogP) is 1.71. The molecule has 1 saturated heterocycles. The van der Waals surface area contributed by atoms with Crippen molar-refractivity contribution in [1.82, 2.24) is 4.90 Å². The molecule has 0 aromatic rings. The van der Waals surface area contributed by atoms with Crippen LogP contribution in [0.25, 0.3) is 0 Å². The highest BCUT2D eigenvalue weighted by Crippen LogP contribution is 2.41. The van der Waals surface area contributed by atoms with Crippen LogP contribution >= 0.6 is 24.0 Å². The van der Waals surface area contributed by atoms with Crippen LogP contribution in [-0.2, 0) is 10.8 Å². The van der Waals surface area contributed by atoms with E-state index < -0.39 is 10.8 Å². The summed E-state index contributed by atoms with van der Waals surface area (Å²) in [6, 6.07) is 0. The molecule has 106 valence electrons. The Labute approximate surface area is 129 Å². The molecule has 0 aromatic heterocycles. The summed E-state index contributed by atoms with van der Waals surface area (Å²) in [6.45, 7) is 2.69. The summed E-state index contributed by atoms with van der Waals surface area (Å²) in [6.07, 6.45) is 8.87. The smallest absolute Gasteiger partial charge is 0.191 e. The maximum absolute atomic E-state index is 11.6. The van der Waals surface area contributed by atoms with Crippen LogP contribution in [0.15, 0.2) is 4.99 Å². The molecule has 0 amide bonds. The minimum Gasteiger partial charge on any atom is -0.370 e. The molecule has 2 rings (SSSR count). The van der Waals surface area contributed by atoms with Crippen molar-refractivity contribution in [1.29, 1.82) is 0 Å². The molecule has 1 aliphatic heterocycles. The van der Waals surface area contributed by atoms with Crippen LogP contribution in [0.2, 0.25) is 0 Å². The number of hydrogen-bond donors (Lipinski definition) is 1. The fraction of sp³-hybridized carbons (Fsp3) is 0.917. The minimum absolute atomic E-state index is 0. The highest BCUT2D eigenvalue weighted by molar-refractivity contribution is 14.0. The van der Waals surface area contributed by atoms with Gasteiger partial charge in [-0.1, -0.05) is 12.8 Å². The first-order chi connectivity index (χ1) is 8.14. The molecule has 6 heteroatoms. The van der Waals surface area contributed by atoms with Crippen molar-refractivity contribution in [3.8, 4) is 0 Å². The summed E-state index contributed by atoms with van der Waals surface area (Å²) in [5.74, 6) is 0.656.